The van der Waals surface area contributed by atoms with E-state index in [4.69, 9.17) is 23.1 Å². The molecule has 15 heavy (non-hydrogen) atoms. The van der Waals surface area contributed by atoms with Crippen molar-refractivity contribution in [3.63, 3.8) is 0 Å². The van der Waals surface area contributed by atoms with Gasteiger partial charge in [0.2, 0.25) is 0 Å². The molecule has 4 N–H and O–H groups in total. The largest absolute Gasteiger partial charge is 0.383 e. The molecule has 84 valence electrons. The molecule has 1 atom stereocenters. The van der Waals surface area contributed by atoms with Gasteiger partial charge in [-0.3, -0.25) is 0 Å². The average Bonchev–Trinajstić information content (AvgIpc) is 2.20. The highest BCUT2D eigenvalue weighted by molar-refractivity contribution is 6.30. The predicted octanol–water partition coefficient (Wildman–Crippen LogP) is 2.38. The molecule has 0 amide bonds. The number of pyridine rings is 1. The van der Waals surface area contributed by atoms with Gasteiger partial charge in [0.05, 0.1) is 5.02 Å². The highest BCUT2D eigenvalue weighted by Crippen LogP contribution is 2.17. The number of anilines is 1. The van der Waals surface area contributed by atoms with Crippen molar-refractivity contribution in [2.75, 3.05) is 5.73 Å². The van der Waals surface area contributed by atoms with Crippen LogP contribution in [-0.4, -0.2) is 11.0 Å². The van der Waals surface area contributed by atoms with Crippen molar-refractivity contribution in [1.82, 2.24) is 4.98 Å². The van der Waals surface area contributed by atoms with Crippen molar-refractivity contribution in [3.8, 4) is 0 Å². The lowest BCUT2D eigenvalue weighted by atomic mass is 10.0. The Labute approximate surface area is 95.8 Å². The normalized spacial score (nSPS) is 12.7. The van der Waals surface area contributed by atoms with Crippen LogP contribution in [0.2, 0.25) is 5.02 Å². The molecule has 0 radical (unpaired) electrons. The van der Waals surface area contributed by atoms with Gasteiger partial charge in [0.25, 0.3) is 0 Å². The molecule has 0 aromatic carbocycles. The Hall–Kier alpha value is -0.800. The van der Waals surface area contributed by atoms with Crippen LogP contribution in [0, 0.1) is 0 Å². The molecule has 0 aliphatic heterocycles. The lowest BCUT2D eigenvalue weighted by molar-refractivity contribution is 0.561. The van der Waals surface area contributed by atoms with E-state index in [-0.39, 0.29) is 6.04 Å². The number of rotatable bonds is 5. The molecular formula is C11H18ClN3. The first kappa shape index (κ1) is 12.3. The van der Waals surface area contributed by atoms with E-state index in [0.29, 0.717) is 10.8 Å². The van der Waals surface area contributed by atoms with E-state index in [9.17, 15) is 0 Å². The van der Waals surface area contributed by atoms with Crippen molar-refractivity contribution in [2.24, 2.45) is 5.73 Å². The van der Waals surface area contributed by atoms with Crippen LogP contribution < -0.4 is 11.5 Å². The van der Waals surface area contributed by atoms with Gasteiger partial charge in [-0.2, -0.15) is 0 Å². The predicted molar refractivity (Wildman–Crippen MR) is 64.9 cm³/mol. The van der Waals surface area contributed by atoms with Crippen molar-refractivity contribution in [2.45, 2.75) is 38.6 Å². The van der Waals surface area contributed by atoms with Crippen LogP contribution >= 0.6 is 11.6 Å². The van der Waals surface area contributed by atoms with Crippen molar-refractivity contribution in [3.05, 3.63) is 22.8 Å². The SMILES string of the molecule is CCCC(N)CCc1cc(Cl)cnc1N. The third kappa shape index (κ3) is 4.06. The molecule has 0 fully saturated rings. The fourth-order valence-corrected chi connectivity index (χ4v) is 1.73. The maximum absolute atomic E-state index is 5.93. The first-order chi connectivity index (χ1) is 7.13. The maximum Gasteiger partial charge on any atom is 0.126 e. The van der Waals surface area contributed by atoms with Crippen molar-refractivity contribution in [1.29, 1.82) is 0 Å². The molecular weight excluding hydrogens is 210 g/mol. The number of nitrogens with two attached hydrogens (primary N) is 2. The first-order valence-electron chi connectivity index (χ1n) is 5.29. The number of aryl methyl sites for hydroxylation is 1. The van der Waals surface area contributed by atoms with E-state index in [0.717, 1.165) is 31.2 Å². The van der Waals surface area contributed by atoms with Gasteiger partial charge in [0, 0.05) is 12.2 Å². The van der Waals surface area contributed by atoms with Crippen LogP contribution in [0.1, 0.15) is 31.7 Å². The number of halogens is 1. The van der Waals surface area contributed by atoms with Gasteiger partial charge in [-0.15, -0.1) is 0 Å². The van der Waals surface area contributed by atoms with Crippen molar-refractivity contribution >= 4 is 17.4 Å². The molecule has 0 aliphatic rings. The molecule has 0 spiro atoms. The minimum Gasteiger partial charge on any atom is -0.383 e. The molecule has 1 aromatic heterocycles. The summed E-state index contributed by atoms with van der Waals surface area (Å²) in [6.45, 7) is 2.13. The second-order valence-electron chi connectivity index (χ2n) is 3.79. The summed E-state index contributed by atoms with van der Waals surface area (Å²) < 4.78 is 0. The number of nitrogen functional groups attached to an aromatic ring is 1. The van der Waals surface area contributed by atoms with Crippen molar-refractivity contribution < 1.29 is 0 Å². The van der Waals surface area contributed by atoms with Gasteiger partial charge >= 0.3 is 0 Å². The zero-order valence-corrected chi connectivity index (χ0v) is 9.80. The Bertz CT molecular complexity index is 315. The summed E-state index contributed by atoms with van der Waals surface area (Å²) in [7, 11) is 0. The number of nitrogens with zero attached hydrogens (tertiary/aromatic N) is 1. The molecule has 4 heteroatoms. The highest BCUT2D eigenvalue weighted by atomic mass is 35.5. The van der Waals surface area contributed by atoms with Gasteiger partial charge in [0.15, 0.2) is 0 Å². The first-order valence-corrected chi connectivity index (χ1v) is 5.66. The monoisotopic (exact) mass is 227 g/mol. The van der Waals surface area contributed by atoms with Gasteiger partial charge in [-0.25, -0.2) is 4.98 Å². The summed E-state index contributed by atoms with van der Waals surface area (Å²) >= 11 is 5.84. The fraction of sp³-hybridized carbons (Fsp3) is 0.545. The number of hydrogen-bond donors (Lipinski definition) is 2. The summed E-state index contributed by atoms with van der Waals surface area (Å²) in [4.78, 5) is 4.01. The van der Waals surface area contributed by atoms with Gasteiger partial charge in [-0.05, 0) is 30.9 Å². The zero-order valence-electron chi connectivity index (χ0n) is 9.04. The summed E-state index contributed by atoms with van der Waals surface area (Å²) in [5, 5.41) is 0.628. The van der Waals surface area contributed by atoms with Crippen LogP contribution in [0.3, 0.4) is 0 Å². The van der Waals surface area contributed by atoms with E-state index in [1.165, 1.54) is 0 Å². The summed E-state index contributed by atoms with van der Waals surface area (Å²) in [6.07, 6.45) is 5.51. The third-order valence-corrected chi connectivity index (χ3v) is 2.62. The smallest absolute Gasteiger partial charge is 0.126 e. The van der Waals surface area contributed by atoms with E-state index >= 15 is 0 Å². The average molecular weight is 228 g/mol. The molecule has 0 aliphatic carbocycles. The van der Waals surface area contributed by atoms with Crippen LogP contribution in [-0.2, 0) is 6.42 Å². The molecule has 0 saturated carbocycles. The second-order valence-corrected chi connectivity index (χ2v) is 4.22. The van der Waals surface area contributed by atoms with Gasteiger partial charge in [-0.1, -0.05) is 24.9 Å². The topological polar surface area (TPSA) is 64.9 Å². The summed E-state index contributed by atoms with van der Waals surface area (Å²) in [6, 6.07) is 2.11. The molecule has 0 bridgehead atoms. The number of hydrogen-bond acceptors (Lipinski definition) is 3. The van der Waals surface area contributed by atoms with E-state index in [2.05, 4.69) is 11.9 Å². The molecule has 1 heterocycles. The fourth-order valence-electron chi connectivity index (χ4n) is 1.55. The molecule has 0 saturated heterocycles. The van der Waals surface area contributed by atoms with Crippen LogP contribution in [0.5, 0.6) is 0 Å². The highest BCUT2D eigenvalue weighted by Gasteiger charge is 2.05. The Kier molecular flexibility index (Phi) is 4.85. The van der Waals surface area contributed by atoms with E-state index < -0.39 is 0 Å². The van der Waals surface area contributed by atoms with Gasteiger partial charge < -0.3 is 11.5 Å². The lowest BCUT2D eigenvalue weighted by Crippen LogP contribution is -2.20. The van der Waals surface area contributed by atoms with Crippen LogP contribution in [0.4, 0.5) is 5.82 Å². The molecule has 1 aromatic rings. The summed E-state index contributed by atoms with van der Waals surface area (Å²) in [5.74, 6) is 0.558. The quantitative estimate of drug-likeness (QED) is 0.812. The van der Waals surface area contributed by atoms with Crippen LogP contribution in [0.15, 0.2) is 12.3 Å². The Morgan fingerprint density at radius 2 is 2.20 bits per heavy atom. The third-order valence-electron chi connectivity index (χ3n) is 2.41. The molecule has 3 nitrogen and oxygen atoms in total. The zero-order chi connectivity index (χ0) is 11.3. The van der Waals surface area contributed by atoms with Gasteiger partial charge in [0.1, 0.15) is 5.82 Å². The molecule has 1 unspecified atom stereocenters. The minimum absolute atomic E-state index is 0.244. The molecule has 1 rings (SSSR count). The lowest BCUT2D eigenvalue weighted by Gasteiger charge is -2.10. The summed E-state index contributed by atoms with van der Waals surface area (Å²) in [5.41, 5.74) is 12.7. The Morgan fingerprint density at radius 3 is 2.87 bits per heavy atom. The maximum atomic E-state index is 5.93. The number of aromatic nitrogens is 1. The van der Waals surface area contributed by atoms with E-state index in [1.807, 2.05) is 6.07 Å². The standard InChI is InChI=1S/C11H18ClN3/c1-2-3-10(13)5-4-8-6-9(12)7-15-11(8)14/h6-7,10H,2-5,13H2,1H3,(H2,14,15). The second kappa shape index (κ2) is 5.93. The Balaban J connectivity index is 2.53. The van der Waals surface area contributed by atoms with Crippen LogP contribution in [0.25, 0.3) is 0 Å². The Morgan fingerprint density at radius 1 is 1.47 bits per heavy atom. The van der Waals surface area contributed by atoms with E-state index in [1.54, 1.807) is 6.20 Å². The minimum atomic E-state index is 0.244.